The molecule has 1 atom stereocenters. The minimum atomic E-state index is 0.616. The third-order valence-corrected chi connectivity index (χ3v) is 3.55. The number of anilines is 1. The number of rotatable bonds is 3. The molecular formula is C12H14BrN3O. The number of benzene rings is 1. The second kappa shape index (κ2) is 4.66. The minimum absolute atomic E-state index is 0.616. The summed E-state index contributed by atoms with van der Waals surface area (Å²) in [4.78, 5) is 4.40. The van der Waals surface area contributed by atoms with Gasteiger partial charge in [-0.3, -0.25) is 0 Å². The number of halogens is 1. The Kier molecular flexibility index (Phi) is 3.03. The van der Waals surface area contributed by atoms with E-state index in [1.54, 1.807) is 0 Å². The number of hydrogen-bond donors (Lipinski definition) is 2. The van der Waals surface area contributed by atoms with Crippen LogP contribution >= 0.6 is 15.9 Å². The van der Waals surface area contributed by atoms with Gasteiger partial charge >= 0.3 is 0 Å². The predicted molar refractivity (Wildman–Crippen MR) is 71.2 cm³/mol. The Bertz CT molecular complexity index is 519. The molecule has 5 heteroatoms. The molecule has 0 bridgehead atoms. The van der Waals surface area contributed by atoms with Crippen LogP contribution in [0, 0.1) is 5.92 Å². The van der Waals surface area contributed by atoms with Gasteiger partial charge in [0.2, 0.25) is 0 Å². The molecule has 4 nitrogen and oxygen atoms in total. The van der Waals surface area contributed by atoms with Crippen LogP contribution in [-0.2, 0) is 0 Å². The molecule has 17 heavy (non-hydrogen) atoms. The van der Waals surface area contributed by atoms with Gasteiger partial charge in [-0.25, -0.2) is 0 Å². The lowest BCUT2D eigenvalue weighted by atomic mass is 10.1. The highest BCUT2D eigenvalue weighted by molar-refractivity contribution is 9.10. The smallest absolute Gasteiger partial charge is 0.295 e. The molecule has 1 aromatic carbocycles. The Balaban J connectivity index is 1.72. The van der Waals surface area contributed by atoms with E-state index in [0.29, 0.717) is 11.9 Å². The van der Waals surface area contributed by atoms with Crippen LogP contribution in [-0.4, -0.2) is 24.6 Å². The van der Waals surface area contributed by atoms with Gasteiger partial charge < -0.3 is 15.1 Å². The highest BCUT2D eigenvalue weighted by Crippen LogP contribution is 2.23. The first-order chi connectivity index (χ1) is 8.31. The molecule has 2 aromatic rings. The number of hydrogen-bond acceptors (Lipinski definition) is 4. The molecule has 1 aliphatic rings. The fraction of sp³-hybridized carbons (Fsp3) is 0.417. The summed E-state index contributed by atoms with van der Waals surface area (Å²) >= 11 is 3.42. The zero-order valence-electron chi connectivity index (χ0n) is 9.37. The Morgan fingerprint density at radius 1 is 1.53 bits per heavy atom. The highest BCUT2D eigenvalue weighted by Gasteiger charge is 2.15. The Labute approximate surface area is 108 Å². The molecule has 0 amide bonds. The lowest BCUT2D eigenvalue weighted by molar-refractivity contribution is 0.574. The van der Waals surface area contributed by atoms with Crippen molar-refractivity contribution in [2.75, 3.05) is 25.0 Å². The molecule has 1 aliphatic heterocycles. The molecule has 0 radical (unpaired) electrons. The molecule has 3 rings (SSSR count). The molecule has 0 spiro atoms. The fourth-order valence-corrected chi connectivity index (χ4v) is 2.43. The van der Waals surface area contributed by atoms with Crippen LogP contribution in [0.5, 0.6) is 0 Å². The van der Waals surface area contributed by atoms with Gasteiger partial charge in [-0.1, -0.05) is 15.9 Å². The molecule has 0 saturated carbocycles. The summed E-state index contributed by atoms with van der Waals surface area (Å²) in [5.41, 5.74) is 1.70. The zero-order valence-corrected chi connectivity index (χ0v) is 11.0. The summed E-state index contributed by atoms with van der Waals surface area (Å²) in [5, 5.41) is 6.61. The zero-order chi connectivity index (χ0) is 11.7. The predicted octanol–water partition coefficient (Wildman–Crippen LogP) is 2.61. The van der Waals surface area contributed by atoms with Crippen molar-refractivity contribution < 1.29 is 4.42 Å². The van der Waals surface area contributed by atoms with E-state index >= 15 is 0 Å². The van der Waals surface area contributed by atoms with Gasteiger partial charge in [0.15, 0.2) is 5.58 Å². The molecule has 1 aromatic heterocycles. The molecule has 2 N–H and O–H groups in total. The first-order valence-corrected chi connectivity index (χ1v) is 6.61. The van der Waals surface area contributed by atoms with E-state index in [0.717, 1.165) is 35.2 Å². The topological polar surface area (TPSA) is 50.1 Å². The number of nitrogens with zero attached hydrogens (tertiary/aromatic N) is 1. The molecule has 0 unspecified atom stereocenters. The third kappa shape index (κ3) is 2.45. The number of fused-ring (bicyclic) bond motifs is 1. The molecule has 90 valence electrons. The molecule has 1 fully saturated rings. The normalized spacial score (nSPS) is 19.9. The fourth-order valence-electron chi connectivity index (χ4n) is 2.09. The summed E-state index contributed by atoms with van der Waals surface area (Å²) in [6, 6.07) is 6.47. The van der Waals surface area contributed by atoms with Crippen molar-refractivity contribution in [1.29, 1.82) is 0 Å². The first-order valence-electron chi connectivity index (χ1n) is 5.82. The first kappa shape index (κ1) is 11.0. The van der Waals surface area contributed by atoms with Gasteiger partial charge in [0.1, 0.15) is 5.52 Å². The van der Waals surface area contributed by atoms with E-state index in [9.17, 15) is 0 Å². The molecule has 0 aliphatic carbocycles. The SMILES string of the molecule is Brc1ccc2nc(NC[C@H]3CCNC3)oc2c1. The number of nitrogens with one attached hydrogen (secondary N) is 2. The van der Waals surface area contributed by atoms with Crippen molar-refractivity contribution >= 4 is 33.0 Å². The summed E-state index contributed by atoms with van der Waals surface area (Å²) in [6.45, 7) is 3.12. The largest absolute Gasteiger partial charge is 0.424 e. The van der Waals surface area contributed by atoms with Gasteiger partial charge in [0, 0.05) is 11.0 Å². The summed E-state index contributed by atoms with van der Waals surface area (Å²) in [7, 11) is 0. The Morgan fingerprint density at radius 3 is 3.29 bits per heavy atom. The highest BCUT2D eigenvalue weighted by atomic mass is 79.9. The molecule has 1 saturated heterocycles. The summed E-state index contributed by atoms with van der Waals surface area (Å²) in [6.07, 6.45) is 1.22. The van der Waals surface area contributed by atoms with Crippen molar-refractivity contribution in [2.45, 2.75) is 6.42 Å². The van der Waals surface area contributed by atoms with E-state index < -0.39 is 0 Å². The Hall–Kier alpha value is -1.07. The van der Waals surface area contributed by atoms with E-state index in [4.69, 9.17) is 4.42 Å². The van der Waals surface area contributed by atoms with Crippen molar-refractivity contribution in [3.8, 4) is 0 Å². The van der Waals surface area contributed by atoms with E-state index in [1.807, 2.05) is 18.2 Å². The van der Waals surface area contributed by atoms with Crippen LogP contribution in [0.3, 0.4) is 0 Å². The van der Waals surface area contributed by atoms with Crippen molar-refractivity contribution in [3.05, 3.63) is 22.7 Å². The second-order valence-corrected chi connectivity index (χ2v) is 5.29. The maximum atomic E-state index is 5.64. The van der Waals surface area contributed by atoms with Crippen LogP contribution in [0.1, 0.15) is 6.42 Å². The summed E-state index contributed by atoms with van der Waals surface area (Å²) < 4.78 is 6.64. The van der Waals surface area contributed by atoms with E-state index in [1.165, 1.54) is 6.42 Å². The maximum Gasteiger partial charge on any atom is 0.295 e. The van der Waals surface area contributed by atoms with Gasteiger partial charge in [0.25, 0.3) is 6.01 Å². The van der Waals surface area contributed by atoms with Gasteiger partial charge in [-0.2, -0.15) is 4.98 Å². The van der Waals surface area contributed by atoms with E-state index in [2.05, 4.69) is 31.5 Å². The van der Waals surface area contributed by atoms with Crippen LogP contribution in [0.4, 0.5) is 6.01 Å². The van der Waals surface area contributed by atoms with Crippen molar-refractivity contribution in [3.63, 3.8) is 0 Å². The monoisotopic (exact) mass is 295 g/mol. The number of oxazole rings is 1. The van der Waals surface area contributed by atoms with Gasteiger partial charge in [-0.05, 0) is 43.6 Å². The number of aromatic nitrogens is 1. The molecular weight excluding hydrogens is 282 g/mol. The van der Waals surface area contributed by atoms with E-state index in [-0.39, 0.29) is 0 Å². The van der Waals surface area contributed by atoms with Crippen LogP contribution in [0.25, 0.3) is 11.1 Å². The second-order valence-electron chi connectivity index (χ2n) is 4.37. The van der Waals surface area contributed by atoms with Crippen LogP contribution < -0.4 is 10.6 Å². The average molecular weight is 296 g/mol. The standard InChI is InChI=1S/C12H14BrN3O/c13-9-1-2-10-11(5-9)17-12(16-10)15-7-8-3-4-14-6-8/h1-2,5,8,14H,3-4,6-7H2,(H,15,16)/t8-/m0/s1. The molecule has 2 heterocycles. The van der Waals surface area contributed by atoms with Crippen molar-refractivity contribution in [2.24, 2.45) is 5.92 Å². The van der Waals surface area contributed by atoms with Gasteiger partial charge in [-0.15, -0.1) is 0 Å². The third-order valence-electron chi connectivity index (χ3n) is 3.05. The minimum Gasteiger partial charge on any atom is -0.424 e. The lowest BCUT2D eigenvalue weighted by Gasteiger charge is -2.07. The quantitative estimate of drug-likeness (QED) is 0.914. The van der Waals surface area contributed by atoms with Crippen LogP contribution in [0.2, 0.25) is 0 Å². The van der Waals surface area contributed by atoms with Gasteiger partial charge in [0.05, 0.1) is 0 Å². The van der Waals surface area contributed by atoms with Crippen LogP contribution in [0.15, 0.2) is 27.1 Å². The van der Waals surface area contributed by atoms with Crippen molar-refractivity contribution in [1.82, 2.24) is 10.3 Å². The average Bonchev–Trinajstić information content (AvgIpc) is 2.94. The summed E-state index contributed by atoms with van der Waals surface area (Å²) in [5.74, 6) is 0.678. The Morgan fingerprint density at radius 2 is 2.47 bits per heavy atom. The maximum absolute atomic E-state index is 5.64. The lowest BCUT2D eigenvalue weighted by Crippen LogP contribution is -2.17.